The number of methoxy groups -OCH3 is 1. The Hall–Kier alpha value is -0.910. The summed E-state index contributed by atoms with van der Waals surface area (Å²) >= 11 is 0. The molecule has 3 atom stereocenters. The number of hydrogen-bond donors (Lipinski definition) is 1. The number of hydrogen-bond acceptors (Lipinski definition) is 4. The van der Waals surface area contributed by atoms with E-state index in [9.17, 15) is 10.3 Å². The van der Waals surface area contributed by atoms with Crippen LogP contribution in [0.2, 0.25) is 0 Å². The minimum absolute atomic E-state index is 0.362. The molecule has 0 heterocycles. The Bertz CT molecular complexity index is 277. The molecule has 5 heteroatoms. The van der Waals surface area contributed by atoms with Crippen LogP contribution < -0.4 is 0 Å². The summed E-state index contributed by atoms with van der Waals surface area (Å²) in [5.74, 6) is -1.29. The van der Waals surface area contributed by atoms with Crippen molar-refractivity contribution in [1.82, 2.24) is 0 Å². The summed E-state index contributed by atoms with van der Waals surface area (Å²) in [5, 5.41) is 21.3. The van der Waals surface area contributed by atoms with Gasteiger partial charge in [0.2, 0.25) is 6.04 Å². The van der Waals surface area contributed by atoms with Crippen LogP contribution >= 0.6 is 0 Å². The van der Waals surface area contributed by atoms with Gasteiger partial charge in [0.1, 0.15) is 12.3 Å². The monoisotopic (exact) mass is 215 g/mol. The maximum atomic E-state index is 11.5. The van der Waals surface area contributed by atoms with E-state index in [2.05, 4.69) is 0 Å². The lowest BCUT2D eigenvalue weighted by Gasteiger charge is -2.34. The van der Waals surface area contributed by atoms with Gasteiger partial charge < -0.3 is 19.8 Å². The normalized spacial score (nSPS) is 36.1. The van der Waals surface area contributed by atoms with Crippen LogP contribution in [0.15, 0.2) is 12.2 Å². The van der Waals surface area contributed by atoms with E-state index in [1.54, 1.807) is 19.9 Å². The summed E-state index contributed by atoms with van der Waals surface area (Å²) in [6.07, 6.45) is 3.55. The minimum atomic E-state index is -1.29. The zero-order chi connectivity index (χ0) is 11.5. The standard InChI is InChI=1S/C10H17NO4/c1-4-11(13)8-6-7-9(12)10(8,14-3)15-5-2/h4,6-9,12H,5H2,1-3H3/b11-4-/t8-,9+,10-/m0/s1. The average Bonchev–Trinajstić information content (AvgIpc) is 2.57. The molecule has 0 spiro atoms. The fourth-order valence-electron chi connectivity index (χ4n) is 1.77. The van der Waals surface area contributed by atoms with Crippen molar-refractivity contribution < 1.29 is 19.3 Å². The molecule has 1 N–H and O–H groups in total. The van der Waals surface area contributed by atoms with Crippen molar-refractivity contribution >= 4 is 6.21 Å². The van der Waals surface area contributed by atoms with Crippen LogP contribution in [0, 0.1) is 5.21 Å². The topological polar surface area (TPSA) is 64.8 Å². The molecule has 0 aromatic rings. The molecule has 1 rings (SSSR count). The molecule has 0 aliphatic heterocycles. The molecule has 0 fully saturated rings. The van der Waals surface area contributed by atoms with Crippen molar-refractivity contribution in [2.45, 2.75) is 31.8 Å². The van der Waals surface area contributed by atoms with Crippen molar-refractivity contribution in [2.75, 3.05) is 13.7 Å². The smallest absolute Gasteiger partial charge is 0.267 e. The lowest BCUT2D eigenvalue weighted by Crippen LogP contribution is -2.54. The Morgan fingerprint density at radius 2 is 2.27 bits per heavy atom. The quantitative estimate of drug-likeness (QED) is 0.182. The molecule has 15 heavy (non-hydrogen) atoms. The van der Waals surface area contributed by atoms with Gasteiger partial charge in [-0.05, 0) is 19.1 Å². The summed E-state index contributed by atoms with van der Waals surface area (Å²) in [6.45, 7) is 3.77. The highest BCUT2D eigenvalue weighted by Gasteiger charge is 2.53. The maximum absolute atomic E-state index is 11.5. The van der Waals surface area contributed by atoms with E-state index in [1.165, 1.54) is 19.4 Å². The molecule has 1 aliphatic carbocycles. The molecule has 0 saturated heterocycles. The molecule has 86 valence electrons. The average molecular weight is 215 g/mol. The number of aliphatic hydroxyl groups is 1. The van der Waals surface area contributed by atoms with E-state index in [1.807, 2.05) is 0 Å². The van der Waals surface area contributed by atoms with Crippen LogP contribution in [0.25, 0.3) is 0 Å². The van der Waals surface area contributed by atoms with Gasteiger partial charge in [-0.25, -0.2) is 4.74 Å². The molecule has 0 aromatic heterocycles. The largest absolute Gasteiger partial charge is 0.623 e. The fraction of sp³-hybridized carbons (Fsp3) is 0.700. The highest BCUT2D eigenvalue weighted by atomic mass is 16.7. The van der Waals surface area contributed by atoms with Gasteiger partial charge in [0.05, 0.1) is 0 Å². The first-order valence-electron chi connectivity index (χ1n) is 4.92. The van der Waals surface area contributed by atoms with Crippen molar-refractivity contribution in [2.24, 2.45) is 0 Å². The second kappa shape index (κ2) is 4.74. The van der Waals surface area contributed by atoms with Gasteiger partial charge in [-0.2, -0.15) is 0 Å². The molecule has 0 aromatic carbocycles. The van der Waals surface area contributed by atoms with Gasteiger partial charge in [-0.15, -0.1) is 0 Å². The summed E-state index contributed by atoms with van der Waals surface area (Å²) < 4.78 is 11.3. The molecule has 5 nitrogen and oxygen atoms in total. The van der Waals surface area contributed by atoms with Gasteiger partial charge in [0.25, 0.3) is 5.79 Å². The van der Waals surface area contributed by atoms with Crippen LogP contribution in [0.1, 0.15) is 13.8 Å². The third-order valence-electron chi connectivity index (χ3n) is 2.52. The number of hydroxylamine groups is 1. The molecule has 0 amide bonds. The maximum Gasteiger partial charge on any atom is 0.267 e. The third-order valence-corrected chi connectivity index (χ3v) is 2.52. The second-order valence-corrected chi connectivity index (χ2v) is 3.25. The number of ether oxygens (including phenoxy) is 2. The van der Waals surface area contributed by atoms with Gasteiger partial charge in [-0.1, -0.05) is 0 Å². The van der Waals surface area contributed by atoms with Crippen molar-refractivity contribution in [3.8, 4) is 0 Å². The van der Waals surface area contributed by atoms with Gasteiger partial charge >= 0.3 is 0 Å². The van der Waals surface area contributed by atoms with Gasteiger partial charge in [-0.3, -0.25) is 0 Å². The zero-order valence-corrected chi connectivity index (χ0v) is 9.21. The third kappa shape index (κ3) is 1.90. The Balaban J connectivity index is 3.00. The summed E-state index contributed by atoms with van der Waals surface area (Å²) in [6, 6.07) is -0.651. The van der Waals surface area contributed by atoms with Crippen LogP contribution in [0.5, 0.6) is 0 Å². The lowest BCUT2D eigenvalue weighted by atomic mass is 10.1. The predicted octanol–water partition coefficient (Wildman–Crippen LogP) is 0.266. The van der Waals surface area contributed by atoms with Crippen molar-refractivity contribution in [3.63, 3.8) is 0 Å². The Kier molecular flexibility index (Phi) is 3.84. The Morgan fingerprint density at radius 3 is 2.73 bits per heavy atom. The van der Waals surface area contributed by atoms with E-state index >= 15 is 0 Å². The first-order valence-corrected chi connectivity index (χ1v) is 4.92. The van der Waals surface area contributed by atoms with Crippen LogP contribution in [0.3, 0.4) is 0 Å². The Morgan fingerprint density at radius 1 is 1.60 bits per heavy atom. The molecule has 0 radical (unpaired) electrons. The first-order chi connectivity index (χ1) is 7.12. The number of nitrogens with zero attached hydrogens (tertiary/aromatic N) is 1. The van der Waals surface area contributed by atoms with Crippen molar-refractivity contribution in [1.29, 1.82) is 0 Å². The van der Waals surface area contributed by atoms with E-state index in [4.69, 9.17) is 9.47 Å². The molecular formula is C10H17NO4. The fourth-order valence-corrected chi connectivity index (χ4v) is 1.77. The highest BCUT2D eigenvalue weighted by Crippen LogP contribution is 2.31. The first kappa shape index (κ1) is 12.2. The number of aliphatic hydroxyl groups excluding tert-OH is 1. The minimum Gasteiger partial charge on any atom is -0.623 e. The van der Waals surface area contributed by atoms with Crippen molar-refractivity contribution in [3.05, 3.63) is 17.4 Å². The van der Waals surface area contributed by atoms with Crippen LogP contribution in [-0.4, -0.2) is 47.7 Å². The van der Waals surface area contributed by atoms with Gasteiger partial charge in [0.15, 0.2) is 0 Å². The lowest BCUT2D eigenvalue weighted by molar-refractivity contribution is -0.533. The van der Waals surface area contributed by atoms with Crippen LogP contribution in [0.4, 0.5) is 0 Å². The Labute approximate surface area is 89.2 Å². The molecule has 1 aliphatic rings. The second-order valence-electron chi connectivity index (χ2n) is 3.25. The number of rotatable bonds is 4. The summed E-state index contributed by atoms with van der Waals surface area (Å²) in [4.78, 5) is 0. The van der Waals surface area contributed by atoms with E-state index in [0.717, 1.165) is 0 Å². The molecule has 0 unspecified atom stereocenters. The highest BCUT2D eigenvalue weighted by molar-refractivity contribution is 5.47. The van der Waals surface area contributed by atoms with E-state index in [0.29, 0.717) is 11.3 Å². The van der Waals surface area contributed by atoms with E-state index < -0.39 is 17.9 Å². The van der Waals surface area contributed by atoms with Crippen LogP contribution in [-0.2, 0) is 9.47 Å². The van der Waals surface area contributed by atoms with E-state index in [-0.39, 0.29) is 0 Å². The molecule has 0 bridgehead atoms. The molecular weight excluding hydrogens is 198 g/mol. The van der Waals surface area contributed by atoms with Gasteiger partial charge in [0, 0.05) is 20.6 Å². The summed E-state index contributed by atoms with van der Waals surface area (Å²) in [7, 11) is 1.42. The molecule has 0 saturated carbocycles. The summed E-state index contributed by atoms with van der Waals surface area (Å²) in [5.41, 5.74) is 0. The zero-order valence-electron chi connectivity index (χ0n) is 9.21. The SMILES string of the molecule is C/C=[N+](\[O-])[C@H]1C=C[C@@H](O)[C@@]1(OC)OCC. The predicted molar refractivity (Wildman–Crippen MR) is 55.7 cm³/mol.